The van der Waals surface area contributed by atoms with Crippen molar-refractivity contribution in [2.75, 3.05) is 6.61 Å². The van der Waals surface area contributed by atoms with Gasteiger partial charge in [0.15, 0.2) is 0 Å². The molecule has 0 spiro atoms. The Labute approximate surface area is 190 Å². The van der Waals surface area contributed by atoms with Crippen LogP contribution in [0.3, 0.4) is 0 Å². The number of hydrogen-bond donors (Lipinski definition) is 2. The van der Waals surface area contributed by atoms with Gasteiger partial charge in [0.25, 0.3) is 12.4 Å². The van der Waals surface area contributed by atoms with Crippen LogP contribution in [0.5, 0.6) is 5.75 Å². The summed E-state index contributed by atoms with van der Waals surface area (Å²) in [7, 11) is 1.89. The third kappa shape index (κ3) is 4.15. The molecule has 168 valence electrons. The molecule has 0 fully saturated rings. The molecule has 0 radical (unpaired) electrons. The minimum absolute atomic E-state index is 0.153. The maximum Gasteiger partial charge on any atom is 0.290 e. The van der Waals surface area contributed by atoms with E-state index in [-0.39, 0.29) is 12.4 Å². The molecule has 1 atom stereocenters. The smallest absolute Gasteiger partial charge is 0.290 e. The maximum absolute atomic E-state index is 13.4. The van der Waals surface area contributed by atoms with Crippen molar-refractivity contribution in [2.24, 2.45) is 7.05 Å². The standard InChI is InChI=1S/C24H22N4O2.CH2O2/c1-16-5-8-19(9-6-16)24(11-13-30-21-4-3-12-25-22(21)24)27-23(29)17-7-10-20-18(14-17)15-26-28(20)2;2-1-3/h3-10,12,14-15H,11,13H2,1-2H3,(H,27,29);1H,(H,2,3)/t24-;/m0./s1. The molecule has 0 aliphatic carbocycles. The largest absolute Gasteiger partial charge is 0.491 e. The van der Waals surface area contributed by atoms with E-state index in [4.69, 9.17) is 14.6 Å². The Morgan fingerprint density at radius 3 is 2.73 bits per heavy atom. The molecule has 2 aromatic heterocycles. The van der Waals surface area contributed by atoms with Crippen LogP contribution < -0.4 is 10.1 Å². The Morgan fingerprint density at radius 2 is 1.97 bits per heavy atom. The number of benzene rings is 2. The predicted octanol–water partition coefficient (Wildman–Crippen LogP) is 3.43. The number of fused-ring (bicyclic) bond motifs is 2. The average molecular weight is 444 g/mol. The number of rotatable bonds is 3. The van der Waals surface area contributed by atoms with Crippen LogP contribution in [0.4, 0.5) is 0 Å². The fraction of sp³-hybridized carbons (Fsp3) is 0.200. The number of ether oxygens (including phenoxy) is 1. The molecule has 8 heteroatoms. The Kier molecular flexibility index (Phi) is 6.08. The third-order valence-electron chi connectivity index (χ3n) is 5.79. The highest BCUT2D eigenvalue weighted by atomic mass is 16.5. The molecule has 4 aromatic rings. The van der Waals surface area contributed by atoms with Gasteiger partial charge in [0.2, 0.25) is 0 Å². The van der Waals surface area contributed by atoms with Gasteiger partial charge in [-0.2, -0.15) is 5.10 Å². The number of nitrogens with one attached hydrogen (secondary N) is 1. The zero-order valence-corrected chi connectivity index (χ0v) is 18.4. The van der Waals surface area contributed by atoms with Crippen molar-refractivity contribution in [3.05, 3.63) is 89.4 Å². The number of carbonyl (C=O) groups is 2. The normalized spacial score (nSPS) is 16.7. The van der Waals surface area contributed by atoms with Crippen molar-refractivity contribution >= 4 is 23.3 Å². The van der Waals surface area contributed by atoms with Crippen molar-refractivity contribution in [1.82, 2.24) is 20.1 Å². The number of amides is 1. The molecule has 1 aliphatic heterocycles. The number of nitrogens with zero attached hydrogens (tertiary/aromatic N) is 3. The number of hydrogen-bond acceptors (Lipinski definition) is 5. The van der Waals surface area contributed by atoms with Gasteiger partial charge in [-0.3, -0.25) is 19.3 Å². The van der Waals surface area contributed by atoms with Crippen molar-refractivity contribution < 1.29 is 19.4 Å². The van der Waals surface area contributed by atoms with Gasteiger partial charge in [0.1, 0.15) is 17.0 Å². The van der Waals surface area contributed by atoms with E-state index in [0.717, 1.165) is 27.7 Å². The molecular weight excluding hydrogens is 420 g/mol. The Morgan fingerprint density at radius 1 is 1.21 bits per heavy atom. The summed E-state index contributed by atoms with van der Waals surface area (Å²) < 4.78 is 7.64. The molecule has 3 heterocycles. The third-order valence-corrected chi connectivity index (χ3v) is 5.79. The lowest BCUT2D eigenvalue weighted by atomic mass is 9.81. The van der Waals surface area contributed by atoms with Gasteiger partial charge in [-0.05, 0) is 42.8 Å². The Bertz CT molecular complexity index is 1300. The molecule has 33 heavy (non-hydrogen) atoms. The van der Waals surface area contributed by atoms with E-state index >= 15 is 0 Å². The second-order valence-electron chi connectivity index (χ2n) is 7.82. The van der Waals surface area contributed by atoms with E-state index < -0.39 is 5.54 Å². The number of pyridine rings is 1. The summed E-state index contributed by atoms with van der Waals surface area (Å²) in [4.78, 5) is 26.4. The number of carbonyl (C=O) groups excluding carboxylic acids is 1. The van der Waals surface area contributed by atoms with Crippen molar-refractivity contribution in [2.45, 2.75) is 18.9 Å². The van der Waals surface area contributed by atoms with E-state index in [1.54, 1.807) is 17.1 Å². The van der Waals surface area contributed by atoms with Crippen LogP contribution in [0.1, 0.15) is 33.6 Å². The maximum atomic E-state index is 13.4. The summed E-state index contributed by atoms with van der Waals surface area (Å²) in [6.07, 6.45) is 4.11. The highest BCUT2D eigenvalue weighted by molar-refractivity contribution is 5.98. The van der Waals surface area contributed by atoms with E-state index in [0.29, 0.717) is 24.3 Å². The first-order chi connectivity index (χ1) is 16.0. The molecule has 5 rings (SSSR count). The first-order valence-electron chi connectivity index (χ1n) is 10.5. The first kappa shape index (κ1) is 22.0. The van der Waals surface area contributed by atoms with Gasteiger partial charge in [-0.25, -0.2) is 0 Å². The van der Waals surface area contributed by atoms with Gasteiger partial charge in [0, 0.05) is 30.6 Å². The molecule has 0 saturated carbocycles. The van der Waals surface area contributed by atoms with E-state index in [1.807, 2.05) is 44.3 Å². The van der Waals surface area contributed by atoms with Crippen molar-refractivity contribution in [3.8, 4) is 5.75 Å². The summed E-state index contributed by atoms with van der Waals surface area (Å²) in [5.74, 6) is 0.548. The quantitative estimate of drug-likeness (QED) is 0.469. The summed E-state index contributed by atoms with van der Waals surface area (Å²) in [5.41, 5.74) is 3.70. The lowest BCUT2D eigenvalue weighted by molar-refractivity contribution is -0.122. The molecule has 2 aromatic carbocycles. The lowest BCUT2D eigenvalue weighted by Crippen LogP contribution is -2.50. The van der Waals surface area contributed by atoms with E-state index in [2.05, 4.69) is 39.7 Å². The molecule has 2 N–H and O–H groups in total. The Hall–Kier alpha value is -4.20. The summed E-state index contributed by atoms with van der Waals surface area (Å²) in [5, 5.41) is 15.4. The van der Waals surface area contributed by atoms with Gasteiger partial charge >= 0.3 is 0 Å². The Balaban J connectivity index is 0.000000821. The fourth-order valence-electron chi connectivity index (χ4n) is 4.14. The topological polar surface area (TPSA) is 106 Å². The van der Waals surface area contributed by atoms with Gasteiger partial charge in [-0.15, -0.1) is 0 Å². The van der Waals surface area contributed by atoms with Crippen LogP contribution in [0.15, 0.2) is 67.0 Å². The van der Waals surface area contributed by atoms with Gasteiger partial charge < -0.3 is 15.2 Å². The highest BCUT2D eigenvalue weighted by Gasteiger charge is 2.42. The van der Waals surface area contributed by atoms with E-state index in [1.165, 1.54) is 0 Å². The summed E-state index contributed by atoms with van der Waals surface area (Å²) in [6.45, 7) is 2.29. The number of aromatic nitrogens is 3. The molecule has 0 saturated heterocycles. The predicted molar refractivity (Wildman–Crippen MR) is 123 cm³/mol. The second-order valence-corrected chi connectivity index (χ2v) is 7.82. The number of aryl methyl sites for hydroxylation is 2. The molecule has 0 unspecified atom stereocenters. The van der Waals surface area contributed by atoms with Crippen LogP contribution in [0.25, 0.3) is 10.9 Å². The summed E-state index contributed by atoms with van der Waals surface area (Å²) in [6, 6.07) is 17.6. The second kappa shape index (κ2) is 9.12. The van der Waals surface area contributed by atoms with E-state index in [9.17, 15) is 4.79 Å². The minimum atomic E-state index is -0.760. The molecule has 1 aliphatic rings. The average Bonchev–Trinajstić information content (AvgIpc) is 3.20. The SMILES string of the molecule is Cc1ccc([C@@]2(NC(=O)c3ccc4c(cnn4C)c3)CCOc3cccnc32)cc1.O=CO. The van der Waals surface area contributed by atoms with Crippen LogP contribution in [0.2, 0.25) is 0 Å². The molecule has 8 nitrogen and oxygen atoms in total. The van der Waals surface area contributed by atoms with Crippen LogP contribution in [0, 0.1) is 6.92 Å². The molecule has 0 bridgehead atoms. The zero-order valence-electron chi connectivity index (χ0n) is 18.4. The first-order valence-corrected chi connectivity index (χ1v) is 10.5. The van der Waals surface area contributed by atoms with Crippen LogP contribution in [-0.4, -0.2) is 38.9 Å². The zero-order chi connectivity index (χ0) is 23.4. The molecular formula is C25H24N4O4. The van der Waals surface area contributed by atoms with Gasteiger partial charge in [0.05, 0.1) is 18.3 Å². The minimum Gasteiger partial charge on any atom is -0.491 e. The highest BCUT2D eigenvalue weighted by Crippen LogP contribution is 2.40. The van der Waals surface area contributed by atoms with Crippen LogP contribution in [-0.2, 0) is 17.4 Å². The van der Waals surface area contributed by atoms with Crippen molar-refractivity contribution in [1.29, 1.82) is 0 Å². The molecule has 1 amide bonds. The van der Waals surface area contributed by atoms with Crippen molar-refractivity contribution in [3.63, 3.8) is 0 Å². The summed E-state index contributed by atoms with van der Waals surface area (Å²) >= 11 is 0. The lowest BCUT2D eigenvalue weighted by Gasteiger charge is -2.39. The van der Waals surface area contributed by atoms with Gasteiger partial charge in [-0.1, -0.05) is 29.8 Å². The monoisotopic (exact) mass is 444 g/mol. The fourth-order valence-corrected chi connectivity index (χ4v) is 4.14. The number of carboxylic acid groups (broad SMARTS) is 1. The van der Waals surface area contributed by atoms with Crippen LogP contribution >= 0.6 is 0 Å².